The molecule has 0 amide bonds. The zero-order chi connectivity index (χ0) is 9.54. The van der Waals surface area contributed by atoms with Crippen molar-refractivity contribution in [2.45, 2.75) is 31.7 Å². The highest BCUT2D eigenvalue weighted by molar-refractivity contribution is 9.11. The Labute approximate surface area is 97.0 Å². The quantitative estimate of drug-likeness (QED) is 0.888. The van der Waals surface area contributed by atoms with Crippen molar-refractivity contribution in [1.29, 1.82) is 0 Å². The fourth-order valence-electron chi connectivity index (χ4n) is 2.17. The minimum Gasteiger partial charge on any atom is -0.310 e. The van der Waals surface area contributed by atoms with Gasteiger partial charge < -0.3 is 5.32 Å². The highest BCUT2D eigenvalue weighted by Crippen LogP contribution is 2.40. The van der Waals surface area contributed by atoms with Crippen LogP contribution in [0.5, 0.6) is 0 Å². The molecule has 1 nitrogen and oxygen atoms in total. The lowest BCUT2D eigenvalue weighted by Gasteiger charge is -2.11. The van der Waals surface area contributed by atoms with Crippen LogP contribution < -0.4 is 5.32 Å². The second-order valence-corrected chi connectivity index (χ2v) is 6.89. The molecule has 76 valence electrons. The third-order valence-electron chi connectivity index (χ3n) is 3.20. The first-order chi connectivity index (χ1) is 6.83. The summed E-state index contributed by atoms with van der Waals surface area (Å²) < 4.78 is 1.29. The van der Waals surface area contributed by atoms with Crippen LogP contribution >= 0.6 is 27.3 Å². The van der Waals surface area contributed by atoms with Crippen LogP contribution in [0.25, 0.3) is 0 Å². The Bertz CT molecular complexity index is 343. The summed E-state index contributed by atoms with van der Waals surface area (Å²) >= 11 is 5.48. The lowest BCUT2D eigenvalue weighted by molar-refractivity contribution is 0.512. The standard InChI is InChI=1S/C11H14BrNS/c12-11-5-8-9(3-4-10(8)14-11)13-6-7-1-2-7/h5,7,9,13H,1-4,6H2. The van der Waals surface area contributed by atoms with Crippen LogP contribution in [0.2, 0.25) is 0 Å². The molecule has 0 saturated heterocycles. The maximum atomic E-state index is 3.70. The Morgan fingerprint density at radius 3 is 3.07 bits per heavy atom. The maximum absolute atomic E-state index is 3.70. The lowest BCUT2D eigenvalue weighted by Crippen LogP contribution is -2.21. The molecular weight excluding hydrogens is 258 g/mol. The minimum atomic E-state index is 0.646. The summed E-state index contributed by atoms with van der Waals surface area (Å²) in [5.41, 5.74) is 1.56. The molecule has 1 fully saturated rings. The van der Waals surface area contributed by atoms with Crippen molar-refractivity contribution in [2.24, 2.45) is 5.92 Å². The molecule has 0 aromatic carbocycles. The highest BCUT2D eigenvalue weighted by atomic mass is 79.9. The summed E-state index contributed by atoms with van der Waals surface area (Å²) in [4.78, 5) is 1.59. The van der Waals surface area contributed by atoms with Gasteiger partial charge in [0.25, 0.3) is 0 Å². The van der Waals surface area contributed by atoms with E-state index in [9.17, 15) is 0 Å². The zero-order valence-electron chi connectivity index (χ0n) is 8.05. The van der Waals surface area contributed by atoms with Gasteiger partial charge in [0.15, 0.2) is 0 Å². The van der Waals surface area contributed by atoms with Gasteiger partial charge in [-0.2, -0.15) is 0 Å². The number of hydrogen-bond donors (Lipinski definition) is 1. The summed E-state index contributed by atoms with van der Waals surface area (Å²) in [6.07, 6.45) is 5.47. The first kappa shape index (κ1) is 9.37. The summed E-state index contributed by atoms with van der Waals surface area (Å²) in [5.74, 6) is 0.987. The van der Waals surface area contributed by atoms with Crippen molar-refractivity contribution in [3.8, 4) is 0 Å². The number of rotatable bonds is 3. The molecule has 1 unspecified atom stereocenters. The molecule has 0 bridgehead atoms. The van der Waals surface area contributed by atoms with E-state index in [2.05, 4.69) is 27.3 Å². The van der Waals surface area contributed by atoms with Gasteiger partial charge >= 0.3 is 0 Å². The van der Waals surface area contributed by atoms with E-state index in [4.69, 9.17) is 0 Å². The second kappa shape index (κ2) is 3.62. The van der Waals surface area contributed by atoms with Gasteiger partial charge in [-0.1, -0.05) is 0 Å². The van der Waals surface area contributed by atoms with Crippen molar-refractivity contribution >= 4 is 27.3 Å². The Balaban J connectivity index is 1.69. The topological polar surface area (TPSA) is 12.0 Å². The third kappa shape index (κ3) is 1.77. The summed E-state index contributed by atoms with van der Waals surface area (Å²) in [5, 5.41) is 3.70. The zero-order valence-corrected chi connectivity index (χ0v) is 10.5. The van der Waals surface area contributed by atoms with Gasteiger partial charge in [0.2, 0.25) is 0 Å². The molecule has 2 aliphatic rings. The molecule has 0 spiro atoms. The van der Waals surface area contributed by atoms with E-state index in [0.29, 0.717) is 6.04 Å². The van der Waals surface area contributed by atoms with E-state index < -0.39 is 0 Å². The van der Waals surface area contributed by atoms with E-state index in [1.807, 2.05) is 11.3 Å². The van der Waals surface area contributed by atoms with Crippen molar-refractivity contribution < 1.29 is 0 Å². The van der Waals surface area contributed by atoms with Crippen LogP contribution in [-0.4, -0.2) is 6.54 Å². The van der Waals surface area contributed by atoms with Gasteiger partial charge in [0.1, 0.15) is 0 Å². The Morgan fingerprint density at radius 2 is 2.29 bits per heavy atom. The van der Waals surface area contributed by atoms with Crippen LogP contribution in [0.3, 0.4) is 0 Å². The monoisotopic (exact) mass is 271 g/mol. The maximum Gasteiger partial charge on any atom is 0.0704 e. The first-order valence-electron chi connectivity index (χ1n) is 5.34. The van der Waals surface area contributed by atoms with Crippen LogP contribution in [-0.2, 0) is 6.42 Å². The van der Waals surface area contributed by atoms with E-state index in [0.717, 1.165) is 5.92 Å². The first-order valence-corrected chi connectivity index (χ1v) is 6.95. The van der Waals surface area contributed by atoms with Crippen LogP contribution in [0.15, 0.2) is 9.85 Å². The molecule has 3 rings (SSSR count). The molecule has 1 aromatic rings. The Hall–Kier alpha value is 0.140. The SMILES string of the molecule is Brc1cc2c(s1)CCC2NCC1CC1. The largest absolute Gasteiger partial charge is 0.310 e. The lowest BCUT2D eigenvalue weighted by atomic mass is 10.2. The number of halogens is 1. The van der Waals surface area contributed by atoms with E-state index >= 15 is 0 Å². The van der Waals surface area contributed by atoms with Crippen molar-refractivity contribution in [1.82, 2.24) is 5.32 Å². The Morgan fingerprint density at radius 1 is 1.43 bits per heavy atom. The number of fused-ring (bicyclic) bond motifs is 1. The van der Waals surface area contributed by atoms with Gasteiger partial charge in [-0.25, -0.2) is 0 Å². The molecule has 0 radical (unpaired) electrons. The molecule has 3 heteroatoms. The van der Waals surface area contributed by atoms with E-state index in [1.54, 1.807) is 10.4 Å². The highest BCUT2D eigenvalue weighted by Gasteiger charge is 2.27. The fourth-order valence-corrected chi connectivity index (χ4v) is 3.97. The normalized spacial score (nSPS) is 25.4. The molecule has 0 aliphatic heterocycles. The average Bonchev–Trinajstić information content (AvgIpc) is 2.81. The van der Waals surface area contributed by atoms with Crippen LogP contribution in [0.4, 0.5) is 0 Å². The van der Waals surface area contributed by atoms with Crippen molar-refractivity contribution in [2.75, 3.05) is 6.54 Å². The predicted molar refractivity (Wildman–Crippen MR) is 63.8 cm³/mol. The van der Waals surface area contributed by atoms with E-state index in [-0.39, 0.29) is 0 Å². The number of thiophene rings is 1. The van der Waals surface area contributed by atoms with Gasteiger partial charge in [-0.15, -0.1) is 11.3 Å². The third-order valence-corrected chi connectivity index (χ3v) is 4.91. The van der Waals surface area contributed by atoms with Crippen molar-refractivity contribution in [3.05, 3.63) is 20.3 Å². The molecular formula is C11H14BrNS. The number of nitrogens with one attached hydrogen (secondary N) is 1. The molecule has 1 saturated carbocycles. The summed E-state index contributed by atoms with van der Waals surface area (Å²) in [6.45, 7) is 1.23. The molecule has 1 N–H and O–H groups in total. The van der Waals surface area contributed by atoms with Gasteiger partial charge in [0, 0.05) is 10.9 Å². The van der Waals surface area contributed by atoms with E-state index in [1.165, 1.54) is 36.0 Å². The van der Waals surface area contributed by atoms with Gasteiger partial charge in [-0.3, -0.25) is 0 Å². The van der Waals surface area contributed by atoms with Gasteiger partial charge in [-0.05, 0) is 65.7 Å². The Kier molecular flexibility index (Phi) is 2.42. The smallest absolute Gasteiger partial charge is 0.0704 e. The summed E-state index contributed by atoms with van der Waals surface area (Å²) in [7, 11) is 0. The predicted octanol–water partition coefficient (Wildman–Crippen LogP) is 3.50. The number of aryl methyl sites for hydroxylation is 1. The molecule has 14 heavy (non-hydrogen) atoms. The molecule has 1 atom stereocenters. The molecule has 2 aliphatic carbocycles. The van der Waals surface area contributed by atoms with Gasteiger partial charge in [0.05, 0.1) is 3.79 Å². The van der Waals surface area contributed by atoms with Crippen LogP contribution in [0, 0.1) is 5.92 Å². The second-order valence-electron chi connectivity index (χ2n) is 4.37. The van der Waals surface area contributed by atoms with Crippen molar-refractivity contribution in [3.63, 3.8) is 0 Å². The average molecular weight is 272 g/mol. The fraction of sp³-hybridized carbons (Fsp3) is 0.636. The van der Waals surface area contributed by atoms with Crippen LogP contribution in [0.1, 0.15) is 35.7 Å². The number of hydrogen-bond acceptors (Lipinski definition) is 2. The minimum absolute atomic E-state index is 0.646. The molecule has 1 aromatic heterocycles. The summed E-state index contributed by atoms with van der Waals surface area (Å²) in [6, 6.07) is 2.95. The molecule has 1 heterocycles.